The number of aryl methyl sites for hydroxylation is 1. The van der Waals surface area contributed by atoms with E-state index >= 15 is 0 Å². The number of benzene rings is 1. The Morgan fingerprint density at radius 2 is 2.36 bits per heavy atom. The van der Waals surface area contributed by atoms with Crippen molar-refractivity contribution in [3.63, 3.8) is 0 Å². The lowest BCUT2D eigenvalue weighted by Gasteiger charge is -2.25. The van der Waals surface area contributed by atoms with Gasteiger partial charge in [-0.1, -0.05) is 17.7 Å². The molecule has 1 aromatic rings. The van der Waals surface area contributed by atoms with E-state index in [1.54, 1.807) is 0 Å². The molecule has 0 bridgehead atoms. The fourth-order valence-electron chi connectivity index (χ4n) is 1.70. The van der Waals surface area contributed by atoms with E-state index in [9.17, 15) is 0 Å². The molecule has 1 aliphatic rings. The number of hydrogen-bond donors (Lipinski definition) is 1. The molecule has 2 rings (SSSR count). The van der Waals surface area contributed by atoms with Crippen LogP contribution in [0.4, 0.5) is 0 Å². The molecule has 1 N–H and O–H groups in total. The standard InChI is InChI=1S/C11H14INO/c1-8-2-3-10(12)9(6-8)11-7-14-5-4-13-11/h2-3,6,11,13H,4-5,7H2,1H3. The zero-order chi connectivity index (χ0) is 9.97. The second kappa shape index (κ2) is 4.59. The first-order valence-corrected chi connectivity index (χ1v) is 5.92. The Labute approximate surface area is 98.2 Å². The van der Waals surface area contributed by atoms with Crippen LogP contribution in [0.25, 0.3) is 0 Å². The van der Waals surface area contributed by atoms with Crippen molar-refractivity contribution in [2.24, 2.45) is 0 Å². The molecule has 1 aliphatic heterocycles. The SMILES string of the molecule is Cc1ccc(I)c(C2COCCN2)c1. The summed E-state index contributed by atoms with van der Waals surface area (Å²) >= 11 is 2.38. The van der Waals surface area contributed by atoms with Gasteiger partial charge in [0.2, 0.25) is 0 Å². The molecule has 1 unspecified atom stereocenters. The topological polar surface area (TPSA) is 21.3 Å². The molecule has 0 aliphatic carbocycles. The Hall–Kier alpha value is -0.130. The third-order valence-corrected chi connectivity index (χ3v) is 3.43. The molecule has 1 atom stereocenters. The molecule has 1 saturated heterocycles. The van der Waals surface area contributed by atoms with Crippen molar-refractivity contribution in [1.29, 1.82) is 0 Å². The third-order valence-electron chi connectivity index (χ3n) is 2.45. The van der Waals surface area contributed by atoms with Crippen molar-refractivity contribution in [3.8, 4) is 0 Å². The summed E-state index contributed by atoms with van der Waals surface area (Å²) in [5, 5.41) is 3.47. The van der Waals surface area contributed by atoms with Gasteiger partial charge in [-0.2, -0.15) is 0 Å². The van der Waals surface area contributed by atoms with Crippen molar-refractivity contribution in [3.05, 3.63) is 32.9 Å². The van der Waals surface area contributed by atoms with Crippen LogP contribution < -0.4 is 5.32 Å². The van der Waals surface area contributed by atoms with E-state index in [0.717, 1.165) is 19.8 Å². The van der Waals surface area contributed by atoms with Crippen LogP contribution in [0.5, 0.6) is 0 Å². The highest BCUT2D eigenvalue weighted by Gasteiger charge is 2.17. The molecule has 0 spiro atoms. The lowest BCUT2D eigenvalue weighted by atomic mass is 10.0. The molecular weight excluding hydrogens is 289 g/mol. The number of halogens is 1. The van der Waals surface area contributed by atoms with Gasteiger partial charge in [0, 0.05) is 10.1 Å². The summed E-state index contributed by atoms with van der Waals surface area (Å²) in [5.41, 5.74) is 2.68. The Kier molecular flexibility index (Phi) is 3.41. The van der Waals surface area contributed by atoms with Gasteiger partial charge >= 0.3 is 0 Å². The summed E-state index contributed by atoms with van der Waals surface area (Å²) in [4.78, 5) is 0. The molecular formula is C11H14INO. The lowest BCUT2D eigenvalue weighted by Crippen LogP contribution is -2.35. The summed E-state index contributed by atoms with van der Waals surface area (Å²) in [5.74, 6) is 0. The quantitative estimate of drug-likeness (QED) is 0.804. The second-order valence-corrected chi connectivity index (χ2v) is 4.77. The van der Waals surface area contributed by atoms with Crippen LogP contribution >= 0.6 is 22.6 Å². The molecule has 1 aromatic carbocycles. The van der Waals surface area contributed by atoms with Crippen molar-refractivity contribution in [1.82, 2.24) is 5.32 Å². The third kappa shape index (κ3) is 2.27. The van der Waals surface area contributed by atoms with Crippen molar-refractivity contribution >= 4 is 22.6 Å². The zero-order valence-corrected chi connectivity index (χ0v) is 10.4. The van der Waals surface area contributed by atoms with Gasteiger partial charge in [-0.05, 0) is 41.1 Å². The summed E-state index contributed by atoms with van der Waals surface area (Å²) in [6.45, 7) is 4.70. The highest BCUT2D eigenvalue weighted by atomic mass is 127. The lowest BCUT2D eigenvalue weighted by molar-refractivity contribution is 0.0766. The van der Waals surface area contributed by atoms with Crippen LogP contribution in [0.1, 0.15) is 17.2 Å². The molecule has 0 saturated carbocycles. The van der Waals surface area contributed by atoms with Crippen molar-refractivity contribution < 1.29 is 4.74 Å². The number of ether oxygens (including phenoxy) is 1. The van der Waals surface area contributed by atoms with Crippen LogP contribution in [0, 0.1) is 10.5 Å². The minimum atomic E-state index is 0.371. The van der Waals surface area contributed by atoms with Crippen LogP contribution in [0.3, 0.4) is 0 Å². The first-order valence-electron chi connectivity index (χ1n) is 4.84. The Morgan fingerprint density at radius 1 is 1.50 bits per heavy atom. The maximum absolute atomic E-state index is 5.47. The number of hydrogen-bond acceptors (Lipinski definition) is 2. The summed E-state index contributed by atoms with van der Waals surface area (Å²) in [6, 6.07) is 6.93. The molecule has 76 valence electrons. The Bertz CT molecular complexity index is 321. The van der Waals surface area contributed by atoms with E-state index in [1.807, 2.05) is 0 Å². The normalized spacial score (nSPS) is 22.3. The first kappa shape index (κ1) is 10.4. The molecule has 2 nitrogen and oxygen atoms in total. The van der Waals surface area contributed by atoms with E-state index in [0.29, 0.717) is 6.04 Å². The van der Waals surface area contributed by atoms with Gasteiger partial charge in [0.15, 0.2) is 0 Å². The molecule has 14 heavy (non-hydrogen) atoms. The van der Waals surface area contributed by atoms with Crippen LogP contribution in [0.15, 0.2) is 18.2 Å². The zero-order valence-electron chi connectivity index (χ0n) is 8.22. The number of rotatable bonds is 1. The summed E-state index contributed by atoms with van der Waals surface area (Å²) in [6.07, 6.45) is 0. The predicted octanol–water partition coefficient (Wildman–Crippen LogP) is 2.26. The molecule has 0 radical (unpaired) electrons. The van der Waals surface area contributed by atoms with Gasteiger partial charge in [0.05, 0.1) is 19.3 Å². The minimum Gasteiger partial charge on any atom is -0.378 e. The Morgan fingerprint density at radius 3 is 3.07 bits per heavy atom. The number of morpholine rings is 1. The first-order chi connectivity index (χ1) is 6.77. The van der Waals surface area contributed by atoms with Gasteiger partial charge in [-0.3, -0.25) is 0 Å². The van der Waals surface area contributed by atoms with E-state index in [1.165, 1.54) is 14.7 Å². The number of nitrogens with one attached hydrogen (secondary N) is 1. The van der Waals surface area contributed by atoms with E-state index in [4.69, 9.17) is 4.74 Å². The average Bonchev–Trinajstić information content (AvgIpc) is 2.23. The highest BCUT2D eigenvalue weighted by Crippen LogP contribution is 2.22. The van der Waals surface area contributed by atoms with Crippen LogP contribution in [0.2, 0.25) is 0 Å². The fraction of sp³-hybridized carbons (Fsp3) is 0.455. The highest BCUT2D eigenvalue weighted by molar-refractivity contribution is 14.1. The monoisotopic (exact) mass is 303 g/mol. The largest absolute Gasteiger partial charge is 0.378 e. The molecule has 0 amide bonds. The smallest absolute Gasteiger partial charge is 0.0662 e. The van der Waals surface area contributed by atoms with Crippen molar-refractivity contribution in [2.45, 2.75) is 13.0 Å². The maximum Gasteiger partial charge on any atom is 0.0662 e. The van der Waals surface area contributed by atoms with Crippen LogP contribution in [-0.4, -0.2) is 19.8 Å². The van der Waals surface area contributed by atoms with Gasteiger partial charge in [0.1, 0.15) is 0 Å². The molecule has 1 fully saturated rings. The fourth-order valence-corrected chi connectivity index (χ4v) is 2.41. The predicted molar refractivity (Wildman–Crippen MR) is 65.5 cm³/mol. The van der Waals surface area contributed by atoms with E-state index < -0.39 is 0 Å². The maximum atomic E-state index is 5.47. The average molecular weight is 303 g/mol. The van der Waals surface area contributed by atoms with E-state index in [-0.39, 0.29) is 0 Å². The van der Waals surface area contributed by atoms with Gasteiger partial charge in [0.25, 0.3) is 0 Å². The Balaban J connectivity index is 2.24. The van der Waals surface area contributed by atoms with Gasteiger partial charge in [-0.15, -0.1) is 0 Å². The van der Waals surface area contributed by atoms with Crippen LogP contribution in [-0.2, 0) is 4.74 Å². The summed E-state index contributed by atoms with van der Waals surface area (Å²) < 4.78 is 6.78. The molecule has 0 aromatic heterocycles. The minimum absolute atomic E-state index is 0.371. The van der Waals surface area contributed by atoms with E-state index in [2.05, 4.69) is 53.0 Å². The summed E-state index contributed by atoms with van der Waals surface area (Å²) in [7, 11) is 0. The second-order valence-electron chi connectivity index (χ2n) is 3.61. The van der Waals surface area contributed by atoms with Gasteiger partial charge in [-0.25, -0.2) is 0 Å². The molecule has 3 heteroatoms. The van der Waals surface area contributed by atoms with Crippen molar-refractivity contribution in [2.75, 3.05) is 19.8 Å². The molecule has 1 heterocycles. The van der Waals surface area contributed by atoms with Gasteiger partial charge < -0.3 is 10.1 Å².